The first-order valence-corrected chi connectivity index (χ1v) is 5.53. The minimum Gasteiger partial charge on any atom is -0.463 e. The van der Waals surface area contributed by atoms with Crippen LogP contribution in [0.15, 0.2) is 0 Å². The first kappa shape index (κ1) is 13.4. The second-order valence-corrected chi connectivity index (χ2v) is 3.80. The number of hydrogen-bond donors (Lipinski definition) is 1. The van der Waals surface area contributed by atoms with E-state index in [4.69, 9.17) is 10.5 Å². The van der Waals surface area contributed by atoms with E-state index in [9.17, 15) is 4.79 Å². The van der Waals surface area contributed by atoms with Crippen LogP contribution in [0.25, 0.3) is 0 Å². The monoisotopic (exact) mass is 201 g/mol. The van der Waals surface area contributed by atoms with Gasteiger partial charge in [0.2, 0.25) is 0 Å². The number of rotatable bonds is 7. The molecule has 0 bridgehead atoms. The van der Waals surface area contributed by atoms with Crippen molar-refractivity contribution in [1.29, 1.82) is 0 Å². The highest BCUT2D eigenvalue weighted by Gasteiger charge is 2.13. The highest BCUT2D eigenvalue weighted by atomic mass is 16.5. The van der Waals surface area contributed by atoms with Crippen molar-refractivity contribution in [2.75, 3.05) is 6.54 Å². The van der Waals surface area contributed by atoms with Crippen molar-refractivity contribution in [3.8, 4) is 0 Å². The minimum atomic E-state index is -0.108. The van der Waals surface area contributed by atoms with Crippen LogP contribution in [0, 0.1) is 5.92 Å². The van der Waals surface area contributed by atoms with Gasteiger partial charge in [-0.25, -0.2) is 0 Å². The lowest BCUT2D eigenvalue weighted by molar-refractivity contribution is -0.149. The standard InChI is InChI=1S/C11H23NO2/c1-4-6-9(3)14-11(13)7-10(5-2)8-12/h9-10H,4-8,12H2,1-3H3. The van der Waals surface area contributed by atoms with Gasteiger partial charge in [0, 0.05) is 6.42 Å². The zero-order valence-corrected chi connectivity index (χ0v) is 9.58. The minimum absolute atomic E-state index is 0.0442. The highest BCUT2D eigenvalue weighted by Crippen LogP contribution is 2.09. The zero-order chi connectivity index (χ0) is 11.0. The molecule has 0 aliphatic carbocycles. The highest BCUT2D eigenvalue weighted by molar-refractivity contribution is 5.69. The topological polar surface area (TPSA) is 52.3 Å². The van der Waals surface area contributed by atoms with E-state index in [1.807, 2.05) is 13.8 Å². The lowest BCUT2D eigenvalue weighted by Crippen LogP contribution is -2.21. The fraction of sp³-hybridized carbons (Fsp3) is 0.909. The van der Waals surface area contributed by atoms with Crippen LogP contribution in [-0.4, -0.2) is 18.6 Å². The lowest BCUT2D eigenvalue weighted by Gasteiger charge is -2.15. The van der Waals surface area contributed by atoms with Crippen LogP contribution in [0.2, 0.25) is 0 Å². The van der Waals surface area contributed by atoms with Crippen LogP contribution in [0.4, 0.5) is 0 Å². The van der Waals surface area contributed by atoms with Gasteiger partial charge < -0.3 is 10.5 Å². The molecule has 0 fully saturated rings. The quantitative estimate of drug-likeness (QED) is 0.642. The van der Waals surface area contributed by atoms with E-state index in [0.29, 0.717) is 13.0 Å². The summed E-state index contributed by atoms with van der Waals surface area (Å²) in [5, 5.41) is 0. The number of carbonyl (C=O) groups excluding carboxylic acids is 1. The van der Waals surface area contributed by atoms with Crippen LogP contribution >= 0.6 is 0 Å². The molecule has 0 aromatic heterocycles. The summed E-state index contributed by atoms with van der Waals surface area (Å²) in [4.78, 5) is 11.4. The van der Waals surface area contributed by atoms with Gasteiger partial charge in [0.15, 0.2) is 0 Å². The normalized spacial score (nSPS) is 14.9. The summed E-state index contributed by atoms with van der Waals surface area (Å²) in [6.45, 7) is 6.62. The zero-order valence-electron chi connectivity index (χ0n) is 9.58. The Morgan fingerprint density at radius 1 is 1.43 bits per heavy atom. The summed E-state index contributed by atoms with van der Waals surface area (Å²) in [6, 6.07) is 0. The average Bonchev–Trinajstić information content (AvgIpc) is 2.14. The molecule has 0 aliphatic heterocycles. The Kier molecular flexibility index (Phi) is 7.48. The molecule has 0 rings (SSSR count). The lowest BCUT2D eigenvalue weighted by atomic mass is 10.0. The van der Waals surface area contributed by atoms with Gasteiger partial charge in [-0.05, 0) is 25.8 Å². The Balaban J connectivity index is 3.73. The molecule has 0 saturated heterocycles. The Morgan fingerprint density at radius 2 is 2.07 bits per heavy atom. The molecular formula is C11H23NO2. The Bertz CT molecular complexity index is 155. The van der Waals surface area contributed by atoms with E-state index in [2.05, 4.69) is 6.92 Å². The molecule has 84 valence electrons. The van der Waals surface area contributed by atoms with E-state index < -0.39 is 0 Å². The summed E-state index contributed by atoms with van der Waals surface area (Å²) >= 11 is 0. The van der Waals surface area contributed by atoms with E-state index in [1.165, 1.54) is 0 Å². The SMILES string of the molecule is CCCC(C)OC(=O)CC(CC)CN. The molecule has 0 aromatic carbocycles. The molecular weight excluding hydrogens is 178 g/mol. The van der Waals surface area contributed by atoms with E-state index in [1.54, 1.807) is 0 Å². The molecule has 0 radical (unpaired) electrons. The van der Waals surface area contributed by atoms with Crippen molar-refractivity contribution < 1.29 is 9.53 Å². The van der Waals surface area contributed by atoms with Crippen LogP contribution in [0.1, 0.15) is 46.5 Å². The maximum atomic E-state index is 11.4. The molecule has 0 amide bonds. The molecule has 0 saturated carbocycles. The van der Waals surface area contributed by atoms with E-state index in [0.717, 1.165) is 19.3 Å². The molecule has 0 aromatic rings. The summed E-state index contributed by atoms with van der Waals surface area (Å²) in [5.74, 6) is 0.166. The fourth-order valence-corrected chi connectivity index (χ4v) is 1.37. The van der Waals surface area contributed by atoms with Crippen molar-refractivity contribution in [3.05, 3.63) is 0 Å². The van der Waals surface area contributed by atoms with E-state index >= 15 is 0 Å². The number of ether oxygens (including phenoxy) is 1. The molecule has 0 spiro atoms. The Labute approximate surface area is 87.0 Å². The summed E-state index contributed by atoms with van der Waals surface area (Å²) < 4.78 is 5.23. The maximum Gasteiger partial charge on any atom is 0.306 e. The van der Waals surface area contributed by atoms with Crippen molar-refractivity contribution in [2.45, 2.75) is 52.6 Å². The molecule has 2 unspecified atom stereocenters. The first-order chi connectivity index (χ1) is 6.63. The van der Waals surface area contributed by atoms with Gasteiger partial charge in [0.25, 0.3) is 0 Å². The molecule has 3 heteroatoms. The Morgan fingerprint density at radius 3 is 2.50 bits per heavy atom. The van der Waals surface area contributed by atoms with Crippen LogP contribution in [0.3, 0.4) is 0 Å². The van der Waals surface area contributed by atoms with Crippen molar-refractivity contribution in [3.63, 3.8) is 0 Å². The number of esters is 1. The average molecular weight is 201 g/mol. The predicted octanol–water partition coefficient (Wildman–Crippen LogP) is 2.09. The third kappa shape index (κ3) is 5.97. The molecule has 0 heterocycles. The third-order valence-corrected chi connectivity index (χ3v) is 2.39. The second kappa shape index (κ2) is 7.80. The van der Waals surface area contributed by atoms with Crippen LogP contribution < -0.4 is 5.73 Å². The van der Waals surface area contributed by atoms with Crippen molar-refractivity contribution in [2.24, 2.45) is 11.7 Å². The third-order valence-electron chi connectivity index (χ3n) is 2.39. The molecule has 0 aliphatic rings. The van der Waals surface area contributed by atoms with Gasteiger partial charge in [-0.3, -0.25) is 4.79 Å². The van der Waals surface area contributed by atoms with Gasteiger partial charge in [0.05, 0.1) is 6.10 Å². The fourth-order valence-electron chi connectivity index (χ4n) is 1.37. The predicted molar refractivity (Wildman–Crippen MR) is 57.9 cm³/mol. The smallest absolute Gasteiger partial charge is 0.306 e. The molecule has 14 heavy (non-hydrogen) atoms. The molecule has 2 N–H and O–H groups in total. The van der Waals surface area contributed by atoms with Gasteiger partial charge >= 0.3 is 5.97 Å². The van der Waals surface area contributed by atoms with Crippen LogP contribution in [-0.2, 0) is 9.53 Å². The number of hydrogen-bond acceptors (Lipinski definition) is 3. The van der Waals surface area contributed by atoms with Gasteiger partial charge in [-0.2, -0.15) is 0 Å². The first-order valence-electron chi connectivity index (χ1n) is 5.53. The number of carbonyl (C=O) groups is 1. The van der Waals surface area contributed by atoms with E-state index in [-0.39, 0.29) is 18.0 Å². The Hall–Kier alpha value is -0.570. The molecule has 3 nitrogen and oxygen atoms in total. The largest absolute Gasteiger partial charge is 0.463 e. The summed E-state index contributed by atoms with van der Waals surface area (Å²) in [5.41, 5.74) is 5.51. The second-order valence-electron chi connectivity index (χ2n) is 3.80. The molecule has 2 atom stereocenters. The maximum absolute atomic E-state index is 11.4. The van der Waals surface area contributed by atoms with Gasteiger partial charge in [-0.15, -0.1) is 0 Å². The summed E-state index contributed by atoms with van der Waals surface area (Å²) in [7, 11) is 0. The van der Waals surface area contributed by atoms with Gasteiger partial charge in [0.1, 0.15) is 0 Å². The van der Waals surface area contributed by atoms with Gasteiger partial charge in [-0.1, -0.05) is 26.7 Å². The van der Waals surface area contributed by atoms with Crippen LogP contribution in [0.5, 0.6) is 0 Å². The van der Waals surface area contributed by atoms with Crippen molar-refractivity contribution >= 4 is 5.97 Å². The number of nitrogens with two attached hydrogens (primary N) is 1. The summed E-state index contributed by atoms with van der Waals surface area (Å²) in [6.07, 6.45) is 3.42. The van der Waals surface area contributed by atoms with Crippen molar-refractivity contribution in [1.82, 2.24) is 0 Å².